The highest BCUT2D eigenvalue weighted by molar-refractivity contribution is 7.91. The number of rotatable bonds is 7. The fraction of sp³-hybridized carbons (Fsp3) is 0.368. The van der Waals surface area contributed by atoms with E-state index >= 15 is 0 Å². The number of hydrogen-bond acceptors (Lipinski definition) is 9. The van der Waals surface area contributed by atoms with Gasteiger partial charge in [-0.3, -0.25) is 0 Å². The molecule has 3 heterocycles. The summed E-state index contributed by atoms with van der Waals surface area (Å²) in [5.74, 6) is 2.85. The first-order valence-electron chi connectivity index (χ1n) is 9.60. The zero-order valence-electron chi connectivity index (χ0n) is 16.2. The molecule has 1 aliphatic rings. The van der Waals surface area contributed by atoms with Crippen molar-refractivity contribution in [2.75, 3.05) is 53.3 Å². The Hall–Kier alpha value is -2.40. The summed E-state index contributed by atoms with van der Waals surface area (Å²) in [5, 5.41) is 16.2. The van der Waals surface area contributed by atoms with Gasteiger partial charge in [-0.1, -0.05) is 34.9 Å². The maximum atomic E-state index is 11.8. The third kappa shape index (κ3) is 4.84. The number of halogens is 1. The Morgan fingerprint density at radius 1 is 1.07 bits per heavy atom. The van der Waals surface area contributed by atoms with E-state index in [0.717, 1.165) is 5.56 Å². The molecule has 0 spiro atoms. The van der Waals surface area contributed by atoms with E-state index in [9.17, 15) is 4.55 Å². The Morgan fingerprint density at radius 3 is 2.57 bits per heavy atom. The van der Waals surface area contributed by atoms with Gasteiger partial charge in [0, 0.05) is 18.1 Å². The molecular weight excluding hydrogens is 426 g/mol. The number of hydrogen-bond donors (Lipinski definition) is 3. The smallest absolute Gasteiger partial charge is 0.225 e. The first-order valence-corrected chi connectivity index (χ1v) is 11.5. The van der Waals surface area contributed by atoms with Gasteiger partial charge in [0.25, 0.3) is 0 Å². The molecular formula is C19H22ClN7O2S. The number of aromatic nitrogens is 4. The molecule has 0 unspecified atom stereocenters. The largest absolute Gasteiger partial charge is 0.616 e. The van der Waals surface area contributed by atoms with Crippen molar-refractivity contribution in [1.29, 1.82) is 0 Å². The topological polar surface area (TPSA) is 122 Å². The van der Waals surface area contributed by atoms with Crippen molar-refractivity contribution in [2.24, 2.45) is 0 Å². The van der Waals surface area contributed by atoms with E-state index in [1.807, 2.05) is 24.3 Å². The van der Waals surface area contributed by atoms with Gasteiger partial charge < -0.3 is 25.2 Å². The van der Waals surface area contributed by atoms with Gasteiger partial charge >= 0.3 is 0 Å². The Balaban J connectivity index is 1.68. The second-order valence-corrected chi connectivity index (χ2v) is 8.89. The van der Waals surface area contributed by atoms with E-state index in [4.69, 9.17) is 16.7 Å². The molecule has 30 heavy (non-hydrogen) atoms. The highest BCUT2D eigenvalue weighted by Gasteiger charge is 2.24. The molecule has 1 aromatic carbocycles. The highest BCUT2D eigenvalue weighted by atomic mass is 35.5. The summed E-state index contributed by atoms with van der Waals surface area (Å²) < 4.78 is 11.8. The number of nitrogens with zero attached hydrogens (tertiary/aromatic N) is 5. The number of anilines is 3. The van der Waals surface area contributed by atoms with Crippen molar-refractivity contribution in [2.45, 2.75) is 6.54 Å². The molecule has 4 rings (SSSR count). The Bertz CT molecular complexity index is 1000. The van der Waals surface area contributed by atoms with Crippen LogP contribution in [0.1, 0.15) is 5.56 Å². The van der Waals surface area contributed by atoms with Gasteiger partial charge in [0.1, 0.15) is 28.9 Å². The summed E-state index contributed by atoms with van der Waals surface area (Å²) in [6.45, 7) is 2.11. The number of aliphatic hydroxyl groups excluding tert-OH is 1. The van der Waals surface area contributed by atoms with Gasteiger partial charge in [0.05, 0.1) is 19.7 Å². The van der Waals surface area contributed by atoms with Gasteiger partial charge in [0.15, 0.2) is 11.6 Å². The normalized spacial score (nSPS) is 14.8. The molecule has 1 saturated heterocycles. The number of fused-ring (bicyclic) bond motifs is 1. The van der Waals surface area contributed by atoms with Crippen molar-refractivity contribution >= 4 is 51.4 Å². The predicted octanol–water partition coefficient (Wildman–Crippen LogP) is 1.66. The maximum Gasteiger partial charge on any atom is 0.225 e. The van der Waals surface area contributed by atoms with E-state index in [-0.39, 0.29) is 6.61 Å². The van der Waals surface area contributed by atoms with Crippen LogP contribution in [0.2, 0.25) is 5.02 Å². The first kappa shape index (κ1) is 20.9. The quantitative estimate of drug-likeness (QED) is 0.464. The Kier molecular flexibility index (Phi) is 6.68. The van der Waals surface area contributed by atoms with Crippen molar-refractivity contribution in [3.8, 4) is 0 Å². The average molecular weight is 448 g/mol. The Morgan fingerprint density at radius 2 is 1.83 bits per heavy atom. The lowest BCUT2D eigenvalue weighted by molar-refractivity contribution is 0.311. The standard InChI is InChI=1S/C19H22ClN7O2S/c20-14-3-1-13(2-4-14)11-22-17-15-16(23-12-24-17)18(26-19(25-15)21-5-8-28)27-6-9-30(29)10-7-27/h1-4,12,28H,5-11H2,(H,21,25,26)(H,22,23,24). The van der Waals surface area contributed by atoms with E-state index in [0.29, 0.717) is 71.3 Å². The Labute approximate surface area is 182 Å². The molecule has 0 bridgehead atoms. The molecule has 3 N–H and O–H groups in total. The molecule has 0 amide bonds. The van der Waals surface area contributed by atoms with Crippen LogP contribution in [0, 0.1) is 0 Å². The minimum Gasteiger partial charge on any atom is -0.616 e. The van der Waals surface area contributed by atoms with E-state index in [1.165, 1.54) is 6.33 Å². The second-order valence-electron chi connectivity index (χ2n) is 6.76. The molecule has 0 atom stereocenters. The molecule has 11 heteroatoms. The zero-order valence-corrected chi connectivity index (χ0v) is 17.8. The fourth-order valence-corrected chi connectivity index (χ4v) is 4.34. The van der Waals surface area contributed by atoms with Crippen molar-refractivity contribution < 1.29 is 9.66 Å². The number of nitrogens with one attached hydrogen (secondary N) is 2. The predicted molar refractivity (Wildman–Crippen MR) is 120 cm³/mol. The van der Waals surface area contributed by atoms with Crippen LogP contribution in [0.15, 0.2) is 30.6 Å². The van der Waals surface area contributed by atoms with Gasteiger partial charge in [0.2, 0.25) is 5.95 Å². The van der Waals surface area contributed by atoms with Gasteiger partial charge in [-0.25, -0.2) is 15.0 Å². The second kappa shape index (κ2) is 9.61. The molecule has 0 aliphatic carbocycles. The molecule has 1 fully saturated rings. The summed E-state index contributed by atoms with van der Waals surface area (Å²) in [4.78, 5) is 20.1. The van der Waals surface area contributed by atoms with E-state index < -0.39 is 11.2 Å². The van der Waals surface area contributed by atoms with E-state index in [1.54, 1.807) is 0 Å². The molecule has 0 radical (unpaired) electrons. The van der Waals surface area contributed by atoms with Crippen molar-refractivity contribution in [3.63, 3.8) is 0 Å². The molecule has 158 valence electrons. The zero-order chi connectivity index (χ0) is 20.9. The van der Waals surface area contributed by atoms with Crippen molar-refractivity contribution in [3.05, 3.63) is 41.2 Å². The molecule has 9 nitrogen and oxygen atoms in total. The van der Waals surface area contributed by atoms with Crippen LogP contribution in [0.4, 0.5) is 17.6 Å². The number of benzene rings is 1. The molecule has 1 aliphatic heterocycles. The van der Waals surface area contributed by atoms with Gasteiger partial charge in [-0.05, 0) is 17.7 Å². The van der Waals surface area contributed by atoms with Crippen LogP contribution in [0.3, 0.4) is 0 Å². The lowest BCUT2D eigenvalue weighted by atomic mass is 10.2. The van der Waals surface area contributed by atoms with Crippen LogP contribution in [0.25, 0.3) is 11.0 Å². The average Bonchev–Trinajstić information content (AvgIpc) is 2.77. The maximum absolute atomic E-state index is 11.8. The summed E-state index contributed by atoms with van der Waals surface area (Å²) in [5.41, 5.74) is 2.27. The fourth-order valence-electron chi connectivity index (χ4n) is 3.17. The minimum absolute atomic E-state index is 0.0353. The SMILES string of the molecule is [O-][S+]1CCN(c2nc(NCCO)nc3c(NCc4ccc(Cl)cc4)ncnc23)CC1. The third-order valence-electron chi connectivity index (χ3n) is 4.71. The summed E-state index contributed by atoms with van der Waals surface area (Å²) in [6.07, 6.45) is 1.49. The first-order chi connectivity index (χ1) is 14.6. The lowest BCUT2D eigenvalue weighted by Crippen LogP contribution is -2.41. The summed E-state index contributed by atoms with van der Waals surface area (Å²) in [6, 6.07) is 7.57. The third-order valence-corrected chi connectivity index (χ3v) is 6.24. The van der Waals surface area contributed by atoms with Crippen LogP contribution in [0.5, 0.6) is 0 Å². The monoisotopic (exact) mass is 447 g/mol. The molecule has 2 aromatic heterocycles. The van der Waals surface area contributed by atoms with Crippen LogP contribution >= 0.6 is 11.6 Å². The molecule has 3 aromatic rings. The lowest BCUT2D eigenvalue weighted by Gasteiger charge is -2.29. The van der Waals surface area contributed by atoms with Crippen LogP contribution in [-0.2, 0) is 17.7 Å². The molecule has 0 saturated carbocycles. The highest BCUT2D eigenvalue weighted by Crippen LogP contribution is 2.28. The summed E-state index contributed by atoms with van der Waals surface area (Å²) >= 11 is 5.16. The van der Waals surface area contributed by atoms with Crippen molar-refractivity contribution in [1.82, 2.24) is 19.9 Å². The minimum atomic E-state index is -0.797. The summed E-state index contributed by atoms with van der Waals surface area (Å²) in [7, 11) is 0. The van der Waals surface area contributed by atoms with Gasteiger partial charge in [-0.2, -0.15) is 4.98 Å². The van der Waals surface area contributed by atoms with Crippen LogP contribution < -0.4 is 15.5 Å². The van der Waals surface area contributed by atoms with Gasteiger partial charge in [-0.15, -0.1) is 0 Å². The van der Waals surface area contributed by atoms with Crippen LogP contribution in [-0.4, -0.2) is 67.3 Å². The van der Waals surface area contributed by atoms with E-state index in [2.05, 4.69) is 35.5 Å². The number of aliphatic hydroxyl groups is 1.